The summed E-state index contributed by atoms with van der Waals surface area (Å²) in [7, 11) is 0. The van der Waals surface area contributed by atoms with Crippen LogP contribution in [0.2, 0.25) is 0 Å². The van der Waals surface area contributed by atoms with Gasteiger partial charge < -0.3 is 10.6 Å². The van der Waals surface area contributed by atoms with E-state index in [0.717, 1.165) is 35.5 Å². The van der Waals surface area contributed by atoms with Gasteiger partial charge in [-0.05, 0) is 43.5 Å². The van der Waals surface area contributed by atoms with Gasteiger partial charge in [0.2, 0.25) is 0 Å². The minimum atomic E-state index is 0.789. The molecule has 0 fully saturated rings. The molecule has 0 saturated carbocycles. The van der Waals surface area contributed by atoms with Crippen molar-refractivity contribution in [2.24, 2.45) is 10.9 Å². The van der Waals surface area contributed by atoms with Gasteiger partial charge in [-0.1, -0.05) is 19.8 Å². The van der Waals surface area contributed by atoms with E-state index in [1.165, 1.54) is 12.8 Å². The van der Waals surface area contributed by atoms with Gasteiger partial charge in [-0.3, -0.25) is 0 Å². The average molecular weight is 234 g/mol. The molecular weight excluding hydrogens is 212 g/mol. The molecule has 0 atom stereocenters. The first-order valence-corrected chi connectivity index (χ1v) is 6.16. The molecule has 1 rings (SSSR count). The Hall–Kier alpha value is -1.51. The highest BCUT2D eigenvalue weighted by Gasteiger charge is 2.03. The average Bonchev–Trinajstić information content (AvgIpc) is 2.29. The Morgan fingerprint density at radius 2 is 1.88 bits per heavy atom. The molecule has 1 aromatic carbocycles. The molecule has 0 aliphatic rings. The zero-order valence-electron chi connectivity index (χ0n) is 11.0. The van der Waals surface area contributed by atoms with Crippen LogP contribution in [-0.4, -0.2) is 12.8 Å². The smallest absolute Gasteiger partial charge is 0.119 e. The Balaban J connectivity index is 2.69. The lowest BCUT2D eigenvalue weighted by Gasteiger charge is -2.10. The molecule has 2 N–H and O–H groups in total. The quantitative estimate of drug-likeness (QED) is 0.356. The van der Waals surface area contributed by atoms with E-state index in [2.05, 4.69) is 12.0 Å². The highest BCUT2D eigenvalue weighted by molar-refractivity contribution is 5.83. The molecule has 0 spiro atoms. The van der Waals surface area contributed by atoms with E-state index in [1.807, 2.05) is 26.0 Å². The van der Waals surface area contributed by atoms with E-state index < -0.39 is 0 Å². The summed E-state index contributed by atoms with van der Waals surface area (Å²) < 4.78 is 5.73. The van der Waals surface area contributed by atoms with Gasteiger partial charge >= 0.3 is 0 Å². The Bertz CT molecular complexity index is 363. The van der Waals surface area contributed by atoms with Gasteiger partial charge in [0.15, 0.2) is 0 Å². The first kappa shape index (κ1) is 13.6. The van der Waals surface area contributed by atoms with Crippen molar-refractivity contribution in [2.45, 2.75) is 40.0 Å². The lowest BCUT2D eigenvalue weighted by atomic mass is 10.0. The van der Waals surface area contributed by atoms with Crippen molar-refractivity contribution < 1.29 is 4.74 Å². The van der Waals surface area contributed by atoms with Crippen LogP contribution in [0.5, 0.6) is 5.75 Å². The molecule has 1 aromatic rings. The van der Waals surface area contributed by atoms with Crippen LogP contribution < -0.4 is 10.6 Å². The number of ether oxygens (including phenoxy) is 1. The van der Waals surface area contributed by atoms with Crippen LogP contribution in [0.15, 0.2) is 17.2 Å². The molecule has 0 unspecified atom stereocenters. The second-order valence-corrected chi connectivity index (χ2v) is 4.30. The lowest BCUT2D eigenvalue weighted by Crippen LogP contribution is -2.00. The normalized spacial score (nSPS) is 11.0. The molecule has 0 radical (unpaired) electrons. The van der Waals surface area contributed by atoms with Gasteiger partial charge in [-0.2, -0.15) is 5.10 Å². The van der Waals surface area contributed by atoms with Crippen LogP contribution in [0, 0.1) is 13.8 Å². The summed E-state index contributed by atoms with van der Waals surface area (Å²) >= 11 is 0. The number of rotatable bonds is 6. The van der Waals surface area contributed by atoms with Gasteiger partial charge in [0, 0.05) is 5.56 Å². The Morgan fingerprint density at radius 3 is 2.41 bits per heavy atom. The van der Waals surface area contributed by atoms with Crippen molar-refractivity contribution in [3.05, 3.63) is 28.8 Å². The van der Waals surface area contributed by atoms with Gasteiger partial charge in [0.25, 0.3) is 0 Å². The predicted octanol–water partition coefficient (Wildman–Crippen LogP) is 3.17. The maximum absolute atomic E-state index is 5.73. The van der Waals surface area contributed by atoms with Crippen LogP contribution in [-0.2, 0) is 0 Å². The van der Waals surface area contributed by atoms with Crippen LogP contribution in [0.1, 0.15) is 42.9 Å². The zero-order chi connectivity index (χ0) is 12.7. The summed E-state index contributed by atoms with van der Waals surface area (Å²) in [6.07, 6.45) is 5.23. The second-order valence-electron chi connectivity index (χ2n) is 4.30. The van der Waals surface area contributed by atoms with Crippen LogP contribution >= 0.6 is 0 Å². The molecular formula is C14H22N2O. The largest absolute Gasteiger partial charge is 0.494 e. The second kappa shape index (κ2) is 6.94. The number of unbranched alkanes of at least 4 members (excludes halogenated alkanes) is 2. The van der Waals surface area contributed by atoms with Crippen LogP contribution in [0.4, 0.5) is 0 Å². The molecule has 0 saturated heterocycles. The molecule has 3 nitrogen and oxygen atoms in total. The number of nitrogens with two attached hydrogens (primary N) is 1. The van der Waals surface area contributed by atoms with E-state index in [-0.39, 0.29) is 0 Å². The van der Waals surface area contributed by atoms with Gasteiger partial charge in [0.05, 0.1) is 12.8 Å². The van der Waals surface area contributed by atoms with E-state index >= 15 is 0 Å². The molecule has 0 amide bonds. The highest BCUT2D eigenvalue weighted by Crippen LogP contribution is 2.20. The van der Waals surface area contributed by atoms with Crippen LogP contribution in [0.3, 0.4) is 0 Å². The summed E-state index contributed by atoms with van der Waals surface area (Å²) in [4.78, 5) is 0. The summed E-state index contributed by atoms with van der Waals surface area (Å²) in [5, 5.41) is 3.58. The maximum atomic E-state index is 5.73. The van der Waals surface area contributed by atoms with Crippen molar-refractivity contribution in [3.8, 4) is 5.75 Å². The maximum Gasteiger partial charge on any atom is 0.119 e. The molecule has 0 aliphatic carbocycles. The number of hydrogen-bond donors (Lipinski definition) is 1. The minimum Gasteiger partial charge on any atom is -0.494 e. The van der Waals surface area contributed by atoms with E-state index in [9.17, 15) is 0 Å². The van der Waals surface area contributed by atoms with Gasteiger partial charge in [-0.15, -0.1) is 0 Å². The molecule has 0 bridgehead atoms. The number of aryl methyl sites for hydroxylation is 2. The number of nitrogens with zero attached hydrogens (tertiary/aromatic N) is 1. The molecule has 0 heterocycles. The van der Waals surface area contributed by atoms with Crippen molar-refractivity contribution in [3.63, 3.8) is 0 Å². The zero-order valence-corrected chi connectivity index (χ0v) is 11.0. The van der Waals surface area contributed by atoms with Crippen molar-refractivity contribution in [2.75, 3.05) is 6.61 Å². The lowest BCUT2D eigenvalue weighted by molar-refractivity contribution is 0.306. The fourth-order valence-electron chi connectivity index (χ4n) is 1.84. The monoisotopic (exact) mass is 234 g/mol. The summed E-state index contributed by atoms with van der Waals surface area (Å²) in [6, 6.07) is 4.08. The van der Waals surface area contributed by atoms with Crippen molar-refractivity contribution >= 4 is 6.21 Å². The number of hydrazone groups is 1. The van der Waals surface area contributed by atoms with Crippen molar-refractivity contribution in [1.29, 1.82) is 0 Å². The van der Waals surface area contributed by atoms with Crippen LogP contribution in [0.25, 0.3) is 0 Å². The summed E-state index contributed by atoms with van der Waals surface area (Å²) in [5.41, 5.74) is 3.36. The topological polar surface area (TPSA) is 47.6 Å². The van der Waals surface area contributed by atoms with Gasteiger partial charge in [0.1, 0.15) is 5.75 Å². The fraction of sp³-hybridized carbons (Fsp3) is 0.500. The Morgan fingerprint density at radius 1 is 1.24 bits per heavy atom. The summed E-state index contributed by atoms with van der Waals surface area (Å²) in [5.74, 6) is 6.12. The standard InChI is InChI=1S/C14H22N2O/c1-4-5-6-7-17-13-8-11(2)14(10-16-15)12(3)9-13/h8-10H,4-7,15H2,1-3H3. The fourth-order valence-corrected chi connectivity index (χ4v) is 1.84. The highest BCUT2D eigenvalue weighted by atomic mass is 16.5. The SMILES string of the molecule is CCCCCOc1cc(C)c(C=NN)c(C)c1. The van der Waals surface area contributed by atoms with E-state index in [0.29, 0.717) is 0 Å². The first-order chi connectivity index (χ1) is 8.19. The molecule has 3 heteroatoms. The third-order valence-electron chi connectivity index (χ3n) is 2.79. The molecule has 94 valence electrons. The van der Waals surface area contributed by atoms with E-state index in [4.69, 9.17) is 10.6 Å². The van der Waals surface area contributed by atoms with Crippen molar-refractivity contribution in [1.82, 2.24) is 0 Å². The molecule has 0 aliphatic heterocycles. The number of benzene rings is 1. The third-order valence-corrected chi connectivity index (χ3v) is 2.79. The minimum absolute atomic E-state index is 0.789. The Labute approximate surface area is 104 Å². The molecule has 17 heavy (non-hydrogen) atoms. The summed E-state index contributed by atoms with van der Waals surface area (Å²) in [6.45, 7) is 7.07. The predicted molar refractivity (Wildman–Crippen MR) is 72.7 cm³/mol. The third kappa shape index (κ3) is 4.10. The molecule has 0 aromatic heterocycles. The van der Waals surface area contributed by atoms with E-state index in [1.54, 1.807) is 6.21 Å². The van der Waals surface area contributed by atoms with Gasteiger partial charge in [-0.25, -0.2) is 0 Å². The Kier molecular flexibility index (Phi) is 5.53. The first-order valence-electron chi connectivity index (χ1n) is 6.16. The number of hydrogen-bond acceptors (Lipinski definition) is 3.